The molecule has 1 saturated heterocycles. The second-order valence-corrected chi connectivity index (χ2v) is 5.61. The van der Waals surface area contributed by atoms with Gasteiger partial charge < -0.3 is 14.0 Å². The molecule has 2 rings (SSSR count). The Morgan fingerprint density at radius 1 is 1.20 bits per heavy atom. The molecule has 1 aromatic rings. The first-order valence-corrected chi connectivity index (χ1v) is 6.22. The molecule has 1 aliphatic heterocycles. The van der Waals surface area contributed by atoms with E-state index in [1.807, 2.05) is 27.7 Å². The SMILES string of the molecule is COC(=O)c1c[c-]c(B2OC(C)(C)C(C)(C)O2)cc1.[Rb+]. The molecule has 0 unspecified atom stereocenters. The molecule has 1 aliphatic rings. The summed E-state index contributed by atoms with van der Waals surface area (Å²) in [5.41, 5.74) is 0.466. The third-order valence-electron chi connectivity index (χ3n) is 3.77. The molecule has 0 aromatic heterocycles. The van der Waals surface area contributed by atoms with Crippen molar-refractivity contribution < 1.29 is 77.0 Å². The Hall–Kier alpha value is 0.480. The zero-order chi connectivity index (χ0) is 14.3. The number of hydrogen-bond acceptors (Lipinski definition) is 4. The third-order valence-corrected chi connectivity index (χ3v) is 3.77. The predicted octanol–water partition coefficient (Wildman–Crippen LogP) is -1.42. The van der Waals surface area contributed by atoms with E-state index in [9.17, 15) is 4.79 Å². The molecule has 4 nitrogen and oxygen atoms in total. The van der Waals surface area contributed by atoms with Gasteiger partial charge in [0.15, 0.2) is 0 Å². The maximum absolute atomic E-state index is 11.3. The molecule has 1 aromatic carbocycles. The number of hydrogen-bond donors (Lipinski definition) is 0. The van der Waals surface area contributed by atoms with Gasteiger partial charge in [0.2, 0.25) is 0 Å². The minimum absolute atomic E-state index is 0. The van der Waals surface area contributed by atoms with Crippen molar-refractivity contribution >= 4 is 18.6 Å². The van der Waals surface area contributed by atoms with Gasteiger partial charge in [0, 0.05) is 0 Å². The van der Waals surface area contributed by atoms with Gasteiger partial charge in [-0.1, -0.05) is 5.56 Å². The van der Waals surface area contributed by atoms with E-state index < -0.39 is 7.12 Å². The molecule has 0 N–H and O–H groups in total. The fraction of sp³-hybridized carbons (Fsp3) is 0.500. The average Bonchev–Trinajstić information content (AvgIpc) is 2.58. The molecule has 0 spiro atoms. The summed E-state index contributed by atoms with van der Waals surface area (Å²) in [6.45, 7) is 7.98. The van der Waals surface area contributed by atoms with Crippen LogP contribution in [-0.2, 0) is 14.0 Å². The average molecular weight is 347 g/mol. The van der Waals surface area contributed by atoms with Crippen molar-refractivity contribution in [2.45, 2.75) is 38.9 Å². The Morgan fingerprint density at radius 2 is 1.75 bits per heavy atom. The fourth-order valence-corrected chi connectivity index (χ4v) is 1.80. The van der Waals surface area contributed by atoms with Crippen LogP contribution in [0.1, 0.15) is 38.1 Å². The van der Waals surface area contributed by atoms with Gasteiger partial charge in [-0.15, -0.1) is 5.46 Å². The van der Waals surface area contributed by atoms with Crippen molar-refractivity contribution in [3.63, 3.8) is 0 Å². The molecule has 0 atom stereocenters. The van der Waals surface area contributed by atoms with Crippen molar-refractivity contribution in [2.75, 3.05) is 7.11 Å². The second-order valence-electron chi connectivity index (χ2n) is 5.61. The summed E-state index contributed by atoms with van der Waals surface area (Å²) in [6.07, 6.45) is 0. The van der Waals surface area contributed by atoms with Crippen LogP contribution in [0.3, 0.4) is 0 Å². The number of benzene rings is 1. The number of ether oxygens (including phenoxy) is 1. The smallest absolute Gasteiger partial charge is 0.475 e. The topological polar surface area (TPSA) is 44.8 Å². The Kier molecular flexibility index (Phi) is 6.22. The summed E-state index contributed by atoms with van der Waals surface area (Å²) in [5.74, 6) is -0.378. The van der Waals surface area contributed by atoms with Gasteiger partial charge in [0.25, 0.3) is 5.97 Å². The van der Waals surface area contributed by atoms with E-state index in [1.54, 1.807) is 18.2 Å². The number of methoxy groups -OCH3 is 1. The Morgan fingerprint density at radius 3 is 2.15 bits per heavy atom. The summed E-state index contributed by atoms with van der Waals surface area (Å²) in [7, 11) is 0.890. The summed E-state index contributed by atoms with van der Waals surface area (Å²) >= 11 is 0. The molecule has 0 bridgehead atoms. The quantitative estimate of drug-likeness (QED) is 0.374. The Balaban J connectivity index is 0.00000200. The number of rotatable bonds is 2. The van der Waals surface area contributed by atoms with E-state index in [2.05, 4.69) is 10.8 Å². The Labute approximate surface area is 169 Å². The van der Waals surface area contributed by atoms with Crippen LogP contribution in [0.15, 0.2) is 18.2 Å². The molecular weight excluding hydrogens is 328 g/mol. The molecule has 102 valence electrons. The van der Waals surface area contributed by atoms with Gasteiger partial charge in [0.05, 0.1) is 18.3 Å². The summed E-state index contributed by atoms with van der Waals surface area (Å²) < 4.78 is 16.5. The molecular formula is C14H18BO4Rb. The summed E-state index contributed by atoms with van der Waals surface area (Å²) in [6, 6.07) is 8.06. The zero-order valence-corrected chi connectivity index (χ0v) is 17.9. The van der Waals surface area contributed by atoms with Gasteiger partial charge in [-0.3, -0.25) is 4.79 Å². The minimum Gasteiger partial charge on any atom is -0.475 e. The van der Waals surface area contributed by atoms with Crippen LogP contribution in [0, 0.1) is 6.07 Å². The van der Waals surface area contributed by atoms with Crippen molar-refractivity contribution in [3.05, 3.63) is 29.8 Å². The van der Waals surface area contributed by atoms with Crippen LogP contribution < -0.4 is 63.7 Å². The molecule has 6 heteroatoms. The first-order chi connectivity index (χ1) is 8.77. The van der Waals surface area contributed by atoms with Gasteiger partial charge in [-0.2, -0.15) is 24.3 Å². The molecule has 1 heterocycles. The van der Waals surface area contributed by atoms with Crippen molar-refractivity contribution in [1.29, 1.82) is 0 Å². The normalized spacial score (nSPS) is 19.4. The van der Waals surface area contributed by atoms with Crippen LogP contribution >= 0.6 is 0 Å². The maximum Gasteiger partial charge on any atom is 1.00 e. The standard InChI is InChI=1S/C14H18BO4.Rb/c1-13(2)14(3,4)19-15(18-13)11-8-6-10(7-9-11)12(16)17-5;/h6-8H,1-5H3;/q-1;+1. The predicted molar refractivity (Wildman–Crippen MR) is 72.3 cm³/mol. The van der Waals surface area contributed by atoms with Gasteiger partial charge in [-0.05, 0) is 27.7 Å². The van der Waals surface area contributed by atoms with E-state index in [0.717, 1.165) is 5.46 Å². The van der Waals surface area contributed by atoms with Gasteiger partial charge in [-0.25, -0.2) is 0 Å². The van der Waals surface area contributed by atoms with Crippen LogP contribution in [0.2, 0.25) is 0 Å². The van der Waals surface area contributed by atoms with Crippen molar-refractivity contribution in [3.8, 4) is 0 Å². The molecule has 0 radical (unpaired) electrons. The molecule has 20 heavy (non-hydrogen) atoms. The monoisotopic (exact) mass is 346 g/mol. The molecule has 0 saturated carbocycles. The van der Waals surface area contributed by atoms with Crippen LogP contribution in [0.5, 0.6) is 0 Å². The zero-order valence-electron chi connectivity index (χ0n) is 12.9. The second kappa shape index (κ2) is 6.71. The number of carbonyl (C=O) groups is 1. The molecule has 1 fully saturated rings. The number of esters is 1. The molecule has 0 aliphatic carbocycles. The third kappa shape index (κ3) is 3.62. The van der Waals surface area contributed by atoms with E-state index in [4.69, 9.17) is 9.31 Å². The van der Waals surface area contributed by atoms with Crippen molar-refractivity contribution in [1.82, 2.24) is 0 Å². The van der Waals surface area contributed by atoms with Gasteiger partial charge in [0.1, 0.15) is 0 Å². The number of carbonyl (C=O) groups excluding carboxylic acids is 1. The van der Waals surface area contributed by atoms with E-state index in [1.165, 1.54) is 7.11 Å². The first-order valence-electron chi connectivity index (χ1n) is 6.22. The van der Waals surface area contributed by atoms with Crippen LogP contribution in [-0.4, -0.2) is 31.4 Å². The summed E-state index contributed by atoms with van der Waals surface area (Å²) in [4.78, 5) is 11.3. The maximum atomic E-state index is 11.3. The largest absolute Gasteiger partial charge is 1.00 e. The van der Waals surface area contributed by atoms with E-state index in [0.29, 0.717) is 5.56 Å². The first kappa shape index (κ1) is 18.5. The van der Waals surface area contributed by atoms with E-state index in [-0.39, 0.29) is 75.4 Å². The van der Waals surface area contributed by atoms with Crippen LogP contribution in [0.25, 0.3) is 0 Å². The van der Waals surface area contributed by atoms with Gasteiger partial charge >= 0.3 is 65.3 Å². The van der Waals surface area contributed by atoms with E-state index >= 15 is 0 Å². The van der Waals surface area contributed by atoms with Crippen molar-refractivity contribution in [2.24, 2.45) is 0 Å². The fourth-order valence-electron chi connectivity index (χ4n) is 1.80. The Bertz CT molecular complexity index is 468. The molecule has 0 amide bonds. The van der Waals surface area contributed by atoms with Crippen LogP contribution in [0.4, 0.5) is 0 Å². The minimum atomic E-state index is -0.461. The summed E-state index contributed by atoms with van der Waals surface area (Å²) in [5, 5.41) is 0.